The lowest BCUT2D eigenvalue weighted by Gasteiger charge is -2.41. The molecule has 0 saturated heterocycles. The molecule has 2 heterocycles. The molecule has 0 radical (unpaired) electrons. The van der Waals surface area contributed by atoms with Crippen LogP contribution in [0.4, 0.5) is 0 Å². The number of ether oxygens (including phenoxy) is 3. The quantitative estimate of drug-likeness (QED) is 0.475. The zero-order chi connectivity index (χ0) is 21.1. The molecule has 5 heteroatoms. The summed E-state index contributed by atoms with van der Waals surface area (Å²) in [6.45, 7) is 4.37. The summed E-state index contributed by atoms with van der Waals surface area (Å²) in [6.07, 6.45) is 7.25. The molecule has 0 saturated carbocycles. The highest BCUT2D eigenvalue weighted by Gasteiger charge is 2.41. The summed E-state index contributed by atoms with van der Waals surface area (Å²) in [5.41, 5.74) is 3.99. The highest BCUT2D eigenvalue weighted by molar-refractivity contribution is 6.31. The molecule has 2 aromatic carbocycles. The second-order valence-corrected chi connectivity index (χ2v) is 8.36. The van der Waals surface area contributed by atoms with Gasteiger partial charge in [-0.05, 0) is 48.1 Å². The van der Waals surface area contributed by atoms with E-state index in [9.17, 15) is 4.79 Å². The Hall–Kier alpha value is -2.30. The summed E-state index contributed by atoms with van der Waals surface area (Å²) in [6, 6.07) is 12.7. The minimum Gasteiger partial charge on any atom is -0.493 e. The first-order chi connectivity index (χ1) is 14.5. The summed E-state index contributed by atoms with van der Waals surface area (Å²) >= 11 is 6.61. The number of halogens is 1. The van der Waals surface area contributed by atoms with Gasteiger partial charge in [0, 0.05) is 23.9 Å². The third-order valence-corrected chi connectivity index (χ3v) is 6.15. The van der Waals surface area contributed by atoms with Gasteiger partial charge in [-0.15, -0.1) is 0 Å². The van der Waals surface area contributed by atoms with Crippen LogP contribution in [0, 0.1) is 0 Å². The second-order valence-electron chi connectivity index (χ2n) is 7.96. The molecule has 0 fully saturated rings. The number of hydrogen-bond donors (Lipinski definition) is 0. The molecular formula is C25H27ClO4. The predicted octanol–water partition coefficient (Wildman–Crippen LogP) is 5.38. The summed E-state index contributed by atoms with van der Waals surface area (Å²) in [7, 11) is 0. The fourth-order valence-electron chi connectivity index (χ4n) is 4.15. The van der Waals surface area contributed by atoms with Crippen LogP contribution in [0.25, 0.3) is 0 Å². The highest BCUT2D eigenvalue weighted by Crippen LogP contribution is 2.46. The maximum Gasteiger partial charge on any atom is 0.302 e. The van der Waals surface area contributed by atoms with E-state index in [4.69, 9.17) is 25.8 Å². The van der Waals surface area contributed by atoms with Crippen molar-refractivity contribution in [2.24, 2.45) is 0 Å². The van der Waals surface area contributed by atoms with Gasteiger partial charge < -0.3 is 14.2 Å². The van der Waals surface area contributed by atoms with Gasteiger partial charge in [-0.25, -0.2) is 0 Å². The highest BCUT2D eigenvalue weighted by atomic mass is 35.5. The number of benzene rings is 2. The minimum atomic E-state index is -0.581. The molecule has 4 rings (SSSR count). The number of fused-ring (bicyclic) bond motifs is 2. The van der Waals surface area contributed by atoms with Crippen LogP contribution < -0.4 is 4.74 Å². The number of rotatable bonds is 5. The van der Waals surface area contributed by atoms with Crippen LogP contribution in [-0.4, -0.2) is 25.3 Å². The van der Waals surface area contributed by atoms with Crippen molar-refractivity contribution >= 4 is 17.6 Å². The van der Waals surface area contributed by atoms with Crippen molar-refractivity contribution in [1.29, 1.82) is 0 Å². The Morgan fingerprint density at radius 3 is 2.73 bits per heavy atom. The lowest BCUT2D eigenvalue weighted by Crippen LogP contribution is -2.41. The Bertz CT molecular complexity index is 950. The Balaban J connectivity index is 1.63. The topological polar surface area (TPSA) is 44.8 Å². The normalized spacial score (nSPS) is 22.4. The van der Waals surface area contributed by atoms with Crippen molar-refractivity contribution in [3.63, 3.8) is 0 Å². The van der Waals surface area contributed by atoms with Gasteiger partial charge >= 0.3 is 5.97 Å². The van der Waals surface area contributed by atoms with Crippen molar-refractivity contribution in [2.75, 3.05) is 13.2 Å². The number of carbonyl (C=O) groups is 1. The average molecular weight is 427 g/mol. The van der Waals surface area contributed by atoms with Gasteiger partial charge in [0.2, 0.25) is 0 Å². The number of aryl methyl sites for hydroxylation is 1. The molecule has 1 spiro atoms. The molecule has 0 amide bonds. The summed E-state index contributed by atoms with van der Waals surface area (Å²) < 4.78 is 17.6. The first-order valence-electron chi connectivity index (χ1n) is 10.5. The van der Waals surface area contributed by atoms with Crippen molar-refractivity contribution in [2.45, 2.75) is 51.2 Å². The molecule has 4 nitrogen and oxygen atoms in total. The first kappa shape index (κ1) is 21.0. The SMILES string of the molecule is CCc1ccc(Cc2cc3c(cc2Cl)OCC[C@@]32C=CC[C@H](COC(C)=O)O2)cc1. The van der Waals surface area contributed by atoms with Gasteiger partial charge in [-0.1, -0.05) is 54.9 Å². The number of carbonyl (C=O) groups excluding carboxylic acids is 1. The fraction of sp³-hybridized carbons (Fsp3) is 0.400. The van der Waals surface area contributed by atoms with Crippen molar-refractivity contribution < 1.29 is 19.0 Å². The van der Waals surface area contributed by atoms with Crippen LogP contribution >= 0.6 is 11.6 Å². The van der Waals surface area contributed by atoms with Gasteiger partial charge in [-0.2, -0.15) is 0 Å². The van der Waals surface area contributed by atoms with Crippen LogP contribution in [0.2, 0.25) is 5.02 Å². The van der Waals surface area contributed by atoms with Gasteiger partial charge in [0.1, 0.15) is 18.0 Å². The predicted molar refractivity (Wildman–Crippen MR) is 117 cm³/mol. The van der Waals surface area contributed by atoms with E-state index in [1.54, 1.807) is 0 Å². The lowest BCUT2D eigenvalue weighted by molar-refractivity contribution is -0.154. The van der Waals surface area contributed by atoms with Crippen LogP contribution in [0.3, 0.4) is 0 Å². The van der Waals surface area contributed by atoms with Crippen molar-refractivity contribution in [3.05, 3.63) is 75.8 Å². The molecule has 0 bridgehead atoms. The second kappa shape index (κ2) is 8.83. The van der Waals surface area contributed by atoms with Gasteiger partial charge in [-0.3, -0.25) is 4.79 Å². The minimum absolute atomic E-state index is 0.175. The van der Waals surface area contributed by atoms with E-state index in [1.165, 1.54) is 18.1 Å². The van der Waals surface area contributed by atoms with Crippen LogP contribution in [-0.2, 0) is 32.7 Å². The summed E-state index contributed by atoms with van der Waals surface area (Å²) in [4.78, 5) is 11.2. The molecule has 30 heavy (non-hydrogen) atoms. The van der Waals surface area contributed by atoms with Gasteiger partial charge in [0.15, 0.2) is 0 Å². The molecule has 2 atom stereocenters. The molecule has 2 aliphatic heterocycles. The molecular weight excluding hydrogens is 400 g/mol. The fourth-order valence-corrected chi connectivity index (χ4v) is 4.37. The monoisotopic (exact) mass is 426 g/mol. The van der Waals surface area contributed by atoms with E-state index in [1.807, 2.05) is 6.07 Å². The smallest absolute Gasteiger partial charge is 0.302 e. The van der Waals surface area contributed by atoms with Crippen LogP contribution in [0.15, 0.2) is 48.6 Å². The van der Waals surface area contributed by atoms with Crippen LogP contribution in [0.5, 0.6) is 5.75 Å². The molecule has 2 aromatic rings. The van der Waals surface area contributed by atoms with E-state index >= 15 is 0 Å². The summed E-state index contributed by atoms with van der Waals surface area (Å²) in [5.74, 6) is 0.465. The molecule has 0 unspecified atom stereocenters. The number of hydrogen-bond acceptors (Lipinski definition) is 4. The average Bonchev–Trinajstić information content (AvgIpc) is 2.74. The molecule has 0 aromatic heterocycles. The largest absolute Gasteiger partial charge is 0.493 e. The van der Waals surface area contributed by atoms with Crippen molar-refractivity contribution in [1.82, 2.24) is 0 Å². The lowest BCUT2D eigenvalue weighted by atomic mass is 9.83. The van der Waals surface area contributed by atoms with Crippen molar-refractivity contribution in [3.8, 4) is 5.75 Å². The van der Waals surface area contributed by atoms with Crippen LogP contribution in [0.1, 0.15) is 48.9 Å². The van der Waals surface area contributed by atoms with E-state index in [-0.39, 0.29) is 18.7 Å². The maximum absolute atomic E-state index is 11.2. The third-order valence-electron chi connectivity index (χ3n) is 5.80. The molecule has 158 valence electrons. The zero-order valence-corrected chi connectivity index (χ0v) is 18.2. The Morgan fingerprint density at radius 2 is 2.00 bits per heavy atom. The maximum atomic E-state index is 11.2. The Labute approximate surface area is 182 Å². The van der Waals surface area contributed by atoms with E-state index in [2.05, 4.69) is 49.4 Å². The number of esters is 1. The van der Waals surface area contributed by atoms with E-state index < -0.39 is 5.60 Å². The Morgan fingerprint density at radius 1 is 1.23 bits per heavy atom. The third kappa shape index (κ3) is 4.40. The van der Waals surface area contributed by atoms with E-state index in [0.29, 0.717) is 18.1 Å². The Kier molecular flexibility index (Phi) is 6.16. The zero-order valence-electron chi connectivity index (χ0n) is 17.4. The van der Waals surface area contributed by atoms with E-state index in [0.717, 1.165) is 36.1 Å². The van der Waals surface area contributed by atoms with Gasteiger partial charge in [0.05, 0.1) is 12.7 Å². The molecule has 2 aliphatic rings. The molecule has 0 N–H and O–H groups in total. The molecule has 0 aliphatic carbocycles. The summed E-state index contributed by atoms with van der Waals surface area (Å²) in [5, 5.41) is 0.696. The van der Waals surface area contributed by atoms with Gasteiger partial charge in [0.25, 0.3) is 0 Å². The first-order valence-corrected chi connectivity index (χ1v) is 10.9. The standard InChI is InChI=1S/C25H27ClO4/c1-3-18-6-8-19(9-7-18)13-20-14-22-24(15-23(20)26)28-12-11-25(22)10-4-5-21(30-25)16-29-17(2)27/h4,6-10,14-15,21H,3,5,11-13,16H2,1-2H3/t21-,25+/m1/s1.